The van der Waals surface area contributed by atoms with Gasteiger partial charge < -0.3 is 25.8 Å². The minimum atomic E-state index is -0.826. The molecule has 9 heteroatoms. The zero-order valence-electron chi connectivity index (χ0n) is 20.2. The fourth-order valence-corrected chi connectivity index (χ4v) is 3.62. The summed E-state index contributed by atoms with van der Waals surface area (Å²) in [6.07, 6.45) is 15.7. The van der Waals surface area contributed by atoms with Crippen molar-refractivity contribution in [3.05, 3.63) is 36.5 Å². The molecular weight excluding hydrogens is 456 g/mol. The van der Waals surface area contributed by atoms with Crippen molar-refractivity contribution >= 4 is 30.0 Å². The van der Waals surface area contributed by atoms with Gasteiger partial charge in [-0.3, -0.25) is 14.3 Å². The van der Waals surface area contributed by atoms with Crippen LogP contribution in [-0.2, 0) is 14.4 Å². The number of ketones is 1. The molecule has 0 heterocycles. The fourth-order valence-electron chi connectivity index (χ4n) is 2.99. The number of rotatable bonds is 22. The van der Waals surface area contributed by atoms with E-state index in [9.17, 15) is 24.6 Å². The SMILES string of the molecule is CCCCCC(O)C(C=CC(O)CC=CCC=CCCCC(=O)O)C(=O)CNSC[C@H](N)C=O. The lowest BCUT2D eigenvalue weighted by Crippen LogP contribution is -2.33. The molecule has 0 aromatic heterocycles. The third-order valence-corrected chi connectivity index (χ3v) is 5.87. The molecule has 0 aliphatic rings. The van der Waals surface area contributed by atoms with Gasteiger partial charge >= 0.3 is 5.97 Å². The monoisotopic (exact) mass is 498 g/mol. The van der Waals surface area contributed by atoms with E-state index in [4.69, 9.17) is 10.8 Å². The predicted molar refractivity (Wildman–Crippen MR) is 137 cm³/mol. The second-order valence-corrected chi connectivity index (χ2v) is 9.05. The lowest BCUT2D eigenvalue weighted by molar-refractivity contribution is -0.137. The number of allylic oxidation sites excluding steroid dienone is 3. The number of nitrogens with one attached hydrogen (secondary N) is 1. The molecule has 0 radical (unpaired) electrons. The van der Waals surface area contributed by atoms with Crippen LogP contribution in [0.15, 0.2) is 36.5 Å². The van der Waals surface area contributed by atoms with Gasteiger partial charge in [0.1, 0.15) is 6.29 Å². The number of carboxylic acid groups (broad SMARTS) is 1. The van der Waals surface area contributed by atoms with Crippen LogP contribution in [0, 0.1) is 5.92 Å². The van der Waals surface area contributed by atoms with Crippen molar-refractivity contribution < 1.29 is 29.7 Å². The highest BCUT2D eigenvalue weighted by atomic mass is 32.2. The van der Waals surface area contributed by atoms with Crippen LogP contribution in [0.25, 0.3) is 0 Å². The Labute approximate surface area is 207 Å². The van der Waals surface area contributed by atoms with Crippen LogP contribution in [-0.4, -0.2) is 63.9 Å². The highest BCUT2D eigenvalue weighted by Crippen LogP contribution is 2.16. The van der Waals surface area contributed by atoms with E-state index in [0.717, 1.165) is 25.7 Å². The summed E-state index contributed by atoms with van der Waals surface area (Å²) >= 11 is 1.19. The predicted octanol–water partition coefficient (Wildman–Crippen LogP) is 2.94. The van der Waals surface area contributed by atoms with Crippen molar-refractivity contribution in [3.8, 4) is 0 Å². The van der Waals surface area contributed by atoms with Crippen molar-refractivity contribution in [1.29, 1.82) is 0 Å². The highest BCUT2D eigenvalue weighted by molar-refractivity contribution is 7.97. The molecule has 0 saturated carbocycles. The summed E-state index contributed by atoms with van der Waals surface area (Å²) in [4.78, 5) is 33.7. The van der Waals surface area contributed by atoms with Gasteiger partial charge in [-0.1, -0.05) is 74.6 Å². The number of carbonyl (C=O) groups excluding carboxylic acids is 2. The van der Waals surface area contributed by atoms with E-state index in [1.54, 1.807) is 12.2 Å². The number of hydrogen-bond acceptors (Lipinski definition) is 8. The molecule has 0 aromatic rings. The van der Waals surface area contributed by atoms with Crippen LogP contribution in [0.1, 0.15) is 64.7 Å². The first-order valence-corrected chi connectivity index (χ1v) is 12.9. The van der Waals surface area contributed by atoms with Crippen LogP contribution in [0.2, 0.25) is 0 Å². The van der Waals surface area contributed by atoms with E-state index >= 15 is 0 Å². The standard InChI is InChI=1S/C25H42N2O6S/c1-2-3-9-13-23(30)22(24(31)17-27-34-19-20(26)18-28)16-15-21(29)12-10-7-5-4-6-8-11-14-25(32)33/h4,6-7,10,15-16,18,20-23,27,29-30H,2-3,5,8-9,11-14,17,19,26H2,1H3,(H,32,33)/t20-,21?,22?,23?/m1/s1. The van der Waals surface area contributed by atoms with Gasteiger partial charge in [-0.15, -0.1) is 0 Å². The van der Waals surface area contributed by atoms with Gasteiger partial charge in [0.2, 0.25) is 0 Å². The number of carboxylic acids is 1. The van der Waals surface area contributed by atoms with Gasteiger partial charge in [-0.05, 0) is 32.1 Å². The van der Waals surface area contributed by atoms with E-state index in [-0.39, 0.29) is 18.7 Å². The topological polar surface area (TPSA) is 150 Å². The Morgan fingerprint density at radius 2 is 1.79 bits per heavy atom. The lowest BCUT2D eigenvalue weighted by Gasteiger charge is -2.19. The molecule has 6 N–H and O–H groups in total. The number of aliphatic hydroxyl groups is 2. The maximum atomic E-state index is 12.7. The van der Waals surface area contributed by atoms with Gasteiger partial charge in [-0.2, -0.15) is 0 Å². The first-order valence-electron chi connectivity index (χ1n) is 12.0. The van der Waals surface area contributed by atoms with E-state index in [2.05, 4.69) is 11.6 Å². The minimum absolute atomic E-state index is 0.0187. The summed E-state index contributed by atoms with van der Waals surface area (Å²) < 4.78 is 2.89. The van der Waals surface area contributed by atoms with Crippen molar-refractivity contribution in [2.45, 2.75) is 83.0 Å². The van der Waals surface area contributed by atoms with Crippen LogP contribution in [0.5, 0.6) is 0 Å². The molecule has 194 valence electrons. The molecule has 0 aliphatic heterocycles. The Balaban J connectivity index is 4.62. The molecule has 4 atom stereocenters. The minimum Gasteiger partial charge on any atom is -0.481 e. The van der Waals surface area contributed by atoms with Crippen LogP contribution in [0.3, 0.4) is 0 Å². The normalized spacial score (nSPS) is 15.6. The Morgan fingerprint density at radius 3 is 2.47 bits per heavy atom. The summed E-state index contributed by atoms with van der Waals surface area (Å²) in [5.41, 5.74) is 5.52. The molecule has 0 saturated heterocycles. The molecule has 0 aliphatic carbocycles. The largest absolute Gasteiger partial charge is 0.481 e. The number of aldehydes is 1. The summed E-state index contributed by atoms with van der Waals surface area (Å²) in [6.45, 7) is 2.09. The average Bonchev–Trinajstić information content (AvgIpc) is 2.80. The molecule has 8 nitrogen and oxygen atoms in total. The second-order valence-electron chi connectivity index (χ2n) is 8.14. The third-order valence-electron chi connectivity index (χ3n) is 4.97. The second kappa shape index (κ2) is 21.7. The zero-order valence-corrected chi connectivity index (χ0v) is 21.0. The van der Waals surface area contributed by atoms with Gasteiger partial charge in [0, 0.05) is 12.2 Å². The maximum Gasteiger partial charge on any atom is 0.303 e. The molecule has 3 unspecified atom stereocenters. The number of carbonyl (C=O) groups is 3. The van der Waals surface area contributed by atoms with Crippen LogP contribution < -0.4 is 10.5 Å². The van der Waals surface area contributed by atoms with Crippen LogP contribution in [0.4, 0.5) is 0 Å². The first-order chi connectivity index (χ1) is 16.3. The smallest absolute Gasteiger partial charge is 0.303 e. The van der Waals surface area contributed by atoms with E-state index < -0.39 is 30.1 Å². The number of aliphatic hydroxyl groups excluding tert-OH is 2. The molecule has 0 fully saturated rings. The number of hydrogen-bond donors (Lipinski definition) is 5. The van der Waals surface area contributed by atoms with Crippen molar-refractivity contribution in [2.24, 2.45) is 11.7 Å². The number of aliphatic carboxylic acids is 1. The van der Waals surface area contributed by atoms with Crippen molar-refractivity contribution in [3.63, 3.8) is 0 Å². The molecule has 0 aromatic carbocycles. The molecule has 0 rings (SSSR count). The van der Waals surface area contributed by atoms with Gasteiger partial charge in [0.05, 0.1) is 30.7 Å². The Bertz CT molecular complexity index is 653. The molecular formula is C25H42N2O6S. The quantitative estimate of drug-likeness (QED) is 0.0657. The van der Waals surface area contributed by atoms with Crippen molar-refractivity contribution in [2.75, 3.05) is 12.3 Å². The highest BCUT2D eigenvalue weighted by Gasteiger charge is 2.24. The summed E-state index contributed by atoms with van der Waals surface area (Å²) in [6, 6.07) is -0.599. The van der Waals surface area contributed by atoms with Crippen molar-refractivity contribution in [1.82, 2.24) is 4.72 Å². The third kappa shape index (κ3) is 18.6. The van der Waals surface area contributed by atoms with Gasteiger partial charge in [-0.25, -0.2) is 0 Å². The Kier molecular flexibility index (Phi) is 20.6. The Hall–Kier alpha value is -1.78. The molecule has 0 bridgehead atoms. The number of Topliss-reactive ketones (excluding diaryl/α,β-unsaturated/α-hetero) is 1. The summed E-state index contributed by atoms with van der Waals surface area (Å²) in [5.74, 6) is -1.36. The molecule has 34 heavy (non-hydrogen) atoms. The van der Waals surface area contributed by atoms with Gasteiger partial charge in [0.25, 0.3) is 0 Å². The summed E-state index contributed by atoms with van der Waals surface area (Å²) in [7, 11) is 0. The van der Waals surface area contributed by atoms with E-state index in [0.29, 0.717) is 37.7 Å². The van der Waals surface area contributed by atoms with E-state index in [1.165, 1.54) is 11.9 Å². The van der Waals surface area contributed by atoms with Gasteiger partial charge in [0.15, 0.2) is 5.78 Å². The van der Waals surface area contributed by atoms with E-state index in [1.807, 2.05) is 24.3 Å². The van der Waals surface area contributed by atoms with Crippen LogP contribution >= 0.6 is 11.9 Å². The fraction of sp³-hybridized carbons (Fsp3) is 0.640. The lowest BCUT2D eigenvalue weighted by atomic mass is 9.92. The Morgan fingerprint density at radius 1 is 1.06 bits per heavy atom. The maximum absolute atomic E-state index is 12.7. The molecule has 0 spiro atoms. The first kappa shape index (κ1) is 32.2. The molecule has 0 amide bonds. The number of unbranched alkanes of at least 4 members (excludes halogenated alkanes) is 3. The summed E-state index contributed by atoms with van der Waals surface area (Å²) in [5, 5.41) is 29.4. The zero-order chi connectivity index (χ0) is 25.6. The average molecular weight is 499 g/mol. The number of nitrogens with two attached hydrogens (primary N) is 1.